The van der Waals surface area contributed by atoms with Gasteiger partial charge in [-0.1, -0.05) is 30.3 Å². The highest BCUT2D eigenvalue weighted by molar-refractivity contribution is 6.01. The van der Waals surface area contributed by atoms with Crippen LogP contribution >= 0.6 is 0 Å². The van der Waals surface area contributed by atoms with Gasteiger partial charge in [-0.3, -0.25) is 4.79 Å². The number of nitrogens with one attached hydrogen (secondary N) is 1. The van der Waals surface area contributed by atoms with Crippen LogP contribution < -0.4 is 5.32 Å². The lowest BCUT2D eigenvalue weighted by Crippen LogP contribution is -2.24. The third-order valence-electron chi connectivity index (χ3n) is 3.98. The van der Waals surface area contributed by atoms with Gasteiger partial charge >= 0.3 is 17.9 Å². The lowest BCUT2D eigenvalue weighted by molar-refractivity contribution is -0.138. The Morgan fingerprint density at radius 2 is 1.50 bits per heavy atom. The number of ether oxygens (including phenoxy) is 3. The summed E-state index contributed by atoms with van der Waals surface area (Å²) in [5, 5.41) is 2.72. The average Bonchev–Trinajstić information content (AvgIpc) is 2.78. The summed E-state index contributed by atoms with van der Waals surface area (Å²) in [6, 6.07) is 14.5. The molecule has 0 aliphatic carbocycles. The minimum atomic E-state index is -0.952. The summed E-state index contributed by atoms with van der Waals surface area (Å²) in [5.41, 5.74) is 0.942. The molecule has 0 aromatic heterocycles. The van der Waals surface area contributed by atoms with E-state index in [9.17, 15) is 19.2 Å². The summed E-state index contributed by atoms with van der Waals surface area (Å²) in [6.45, 7) is 1.50. The largest absolute Gasteiger partial charge is 0.466 e. The minimum absolute atomic E-state index is 0.137. The number of rotatable bonds is 8. The summed E-state index contributed by atoms with van der Waals surface area (Å²) < 4.78 is 14.4. The van der Waals surface area contributed by atoms with E-state index < -0.39 is 24.0 Å². The second-order valence-electron chi connectivity index (χ2n) is 6.05. The molecule has 0 fully saturated rings. The molecule has 0 radical (unpaired) electrons. The third-order valence-corrected chi connectivity index (χ3v) is 3.98. The van der Waals surface area contributed by atoms with Gasteiger partial charge < -0.3 is 19.5 Å². The molecule has 30 heavy (non-hydrogen) atoms. The molecule has 156 valence electrons. The molecular weight excluding hydrogens is 390 g/mol. The first-order valence-corrected chi connectivity index (χ1v) is 8.91. The van der Waals surface area contributed by atoms with Crippen molar-refractivity contribution in [2.75, 3.05) is 19.5 Å². The highest BCUT2D eigenvalue weighted by atomic mass is 16.5. The first-order chi connectivity index (χ1) is 14.3. The van der Waals surface area contributed by atoms with Gasteiger partial charge in [-0.25, -0.2) is 14.4 Å². The number of Topliss-reactive ketones (excluding diaryl/α,β-unsaturated/α-hetero) is 1. The first kappa shape index (κ1) is 22.4. The summed E-state index contributed by atoms with van der Waals surface area (Å²) in [6.07, 6.45) is -0.00292. The molecule has 0 amide bonds. The predicted octanol–water partition coefficient (Wildman–Crippen LogP) is 2.76. The standard InChI is InChI=1S/C22H21NO7/c1-14(20(25)15-7-5-4-6-8-15)30-21(26)16-9-11-17(12-10-16)23-18(22(27)29-3)13-19(24)28-2/h4-14,23H,1-3H3/b18-13+. The van der Waals surface area contributed by atoms with Crippen molar-refractivity contribution in [1.82, 2.24) is 0 Å². The molecule has 0 bridgehead atoms. The maximum absolute atomic E-state index is 12.3. The monoisotopic (exact) mass is 411 g/mol. The van der Waals surface area contributed by atoms with Crippen molar-refractivity contribution in [3.63, 3.8) is 0 Å². The number of carbonyl (C=O) groups excluding carboxylic acids is 4. The molecule has 1 atom stereocenters. The van der Waals surface area contributed by atoms with Gasteiger partial charge in [-0.15, -0.1) is 0 Å². The zero-order valence-electron chi connectivity index (χ0n) is 16.7. The van der Waals surface area contributed by atoms with Crippen molar-refractivity contribution in [2.24, 2.45) is 0 Å². The van der Waals surface area contributed by atoms with E-state index in [-0.39, 0.29) is 17.0 Å². The van der Waals surface area contributed by atoms with Crippen LogP contribution in [0.1, 0.15) is 27.6 Å². The Morgan fingerprint density at radius 3 is 2.07 bits per heavy atom. The lowest BCUT2D eigenvalue weighted by atomic mass is 10.1. The van der Waals surface area contributed by atoms with Crippen molar-refractivity contribution >= 4 is 29.4 Å². The van der Waals surface area contributed by atoms with Crippen molar-refractivity contribution in [3.8, 4) is 0 Å². The normalized spacial score (nSPS) is 11.8. The molecule has 0 aliphatic rings. The number of hydrogen-bond donors (Lipinski definition) is 1. The molecule has 2 aromatic carbocycles. The summed E-state index contributed by atoms with van der Waals surface area (Å²) >= 11 is 0. The molecule has 0 saturated carbocycles. The van der Waals surface area contributed by atoms with Crippen molar-refractivity contribution in [2.45, 2.75) is 13.0 Å². The van der Waals surface area contributed by atoms with E-state index in [1.165, 1.54) is 45.4 Å². The number of esters is 3. The number of anilines is 1. The van der Waals surface area contributed by atoms with Gasteiger partial charge in [0, 0.05) is 11.3 Å². The summed E-state index contributed by atoms with van der Waals surface area (Å²) in [5.74, 6) is -2.48. The fourth-order valence-electron chi connectivity index (χ4n) is 2.40. The zero-order valence-corrected chi connectivity index (χ0v) is 16.7. The van der Waals surface area contributed by atoms with Crippen LogP contribution in [0.15, 0.2) is 66.4 Å². The topological polar surface area (TPSA) is 108 Å². The van der Waals surface area contributed by atoms with Crippen molar-refractivity contribution in [1.29, 1.82) is 0 Å². The summed E-state index contributed by atoms with van der Waals surface area (Å²) in [4.78, 5) is 47.8. The van der Waals surface area contributed by atoms with Crippen LogP contribution in [0.2, 0.25) is 0 Å². The highest BCUT2D eigenvalue weighted by Gasteiger charge is 2.20. The van der Waals surface area contributed by atoms with Gasteiger partial charge in [0.15, 0.2) is 6.10 Å². The molecule has 2 aromatic rings. The Balaban J connectivity index is 2.06. The Bertz CT molecular complexity index is 949. The van der Waals surface area contributed by atoms with Crippen LogP contribution in [0.3, 0.4) is 0 Å². The molecule has 0 aliphatic heterocycles. The minimum Gasteiger partial charge on any atom is -0.466 e. The van der Waals surface area contributed by atoms with E-state index >= 15 is 0 Å². The molecule has 1 unspecified atom stereocenters. The van der Waals surface area contributed by atoms with E-state index in [2.05, 4.69) is 14.8 Å². The van der Waals surface area contributed by atoms with Gasteiger partial charge in [-0.2, -0.15) is 0 Å². The Morgan fingerprint density at radius 1 is 0.867 bits per heavy atom. The molecule has 8 heteroatoms. The molecule has 8 nitrogen and oxygen atoms in total. The van der Waals surface area contributed by atoms with E-state index in [4.69, 9.17) is 4.74 Å². The fourth-order valence-corrected chi connectivity index (χ4v) is 2.40. The zero-order chi connectivity index (χ0) is 22.1. The molecule has 0 spiro atoms. The maximum atomic E-state index is 12.3. The smallest absolute Gasteiger partial charge is 0.354 e. The van der Waals surface area contributed by atoms with Crippen LogP contribution in [0.5, 0.6) is 0 Å². The van der Waals surface area contributed by atoms with Crippen LogP contribution in [0.25, 0.3) is 0 Å². The van der Waals surface area contributed by atoms with Crippen LogP contribution in [-0.4, -0.2) is 44.0 Å². The first-order valence-electron chi connectivity index (χ1n) is 8.91. The second-order valence-corrected chi connectivity index (χ2v) is 6.05. The van der Waals surface area contributed by atoms with Gasteiger partial charge in [0.05, 0.1) is 25.9 Å². The molecule has 0 heterocycles. The number of hydrogen-bond acceptors (Lipinski definition) is 8. The second kappa shape index (κ2) is 10.6. The Hall–Kier alpha value is -3.94. The van der Waals surface area contributed by atoms with Crippen LogP contribution in [0, 0.1) is 0 Å². The van der Waals surface area contributed by atoms with Gasteiger partial charge in [0.25, 0.3) is 0 Å². The SMILES string of the molecule is COC(=O)/C=C(/Nc1ccc(C(=O)OC(C)C(=O)c2ccccc2)cc1)C(=O)OC. The number of ketones is 1. The Kier molecular flexibility index (Phi) is 7.87. The molecule has 2 rings (SSSR count). The van der Waals surface area contributed by atoms with Crippen molar-refractivity contribution in [3.05, 3.63) is 77.5 Å². The van der Waals surface area contributed by atoms with E-state index in [1.54, 1.807) is 30.3 Å². The molecule has 0 saturated heterocycles. The van der Waals surface area contributed by atoms with E-state index in [0.29, 0.717) is 11.3 Å². The quantitative estimate of drug-likeness (QED) is 0.306. The predicted molar refractivity (Wildman–Crippen MR) is 108 cm³/mol. The highest BCUT2D eigenvalue weighted by Crippen LogP contribution is 2.15. The molecule has 1 N–H and O–H groups in total. The maximum Gasteiger partial charge on any atom is 0.354 e. The van der Waals surface area contributed by atoms with Gasteiger partial charge in [-0.05, 0) is 31.2 Å². The number of carbonyl (C=O) groups is 4. The van der Waals surface area contributed by atoms with Crippen LogP contribution in [-0.2, 0) is 23.8 Å². The Labute approximate surface area is 173 Å². The average molecular weight is 411 g/mol. The summed E-state index contributed by atoms with van der Waals surface area (Å²) in [7, 11) is 2.35. The van der Waals surface area contributed by atoms with E-state index in [0.717, 1.165) is 6.08 Å². The van der Waals surface area contributed by atoms with E-state index in [1.807, 2.05) is 0 Å². The fraction of sp³-hybridized carbons (Fsp3) is 0.182. The molecular formula is C22H21NO7. The van der Waals surface area contributed by atoms with Crippen molar-refractivity contribution < 1.29 is 33.4 Å². The number of methoxy groups -OCH3 is 2. The van der Waals surface area contributed by atoms with Crippen LogP contribution in [0.4, 0.5) is 5.69 Å². The third kappa shape index (κ3) is 6.03. The van der Waals surface area contributed by atoms with Gasteiger partial charge in [0.1, 0.15) is 5.70 Å². The lowest BCUT2D eigenvalue weighted by Gasteiger charge is -2.13. The van der Waals surface area contributed by atoms with Gasteiger partial charge in [0.2, 0.25) is 5.78 Å². The number of benzene rings is 2.